The van der Waals surface area contributed by atoms with Crippen molar-refractivity contribution in [3.63, 3.8) is 0 Å². The summed E-state index contributed by atoms with van der Waals surface area (Å²) < 4.78 is 0. The number of aromatic nitrogens is 1. The lowest BCUT2D eigenvalue weighted by molar-refractivity contribution is -0.134. The summed E-state index contributed by atoms with van der Waals surface area (Å²) in [6.07, 6.45) is 3.67. The lowest BCUT2D eigenvalue weighted by atomic mass is 10.2. The van der Waals surface area contributed by atoms with Gasteiger partial charge in [-0.25, -0.2) is 0 Å². The van der Waals surface area contributed by atoms with Crippen LogP contribution >= 0.6 is 0 Å². The molecule has 0 unspecified atom stereocenters. The molecule has 0 atom stereocenters. The Bertz CT molecular complexity index is 498. The molecule has 3 N–H and O–H groups in total. The molecule has 3 rings (SSSR count). The number of nitrogens with zero attached hydrogens (tertiary/aromatic N) is 2. The van der Waals surface area contributed by atoms with Crippen LogP contribution in [0.25, 0.3) is 0 Å². The number of aromatic amines is 1. The summed E-state index contributed by atoms with van der Waals surface area (Å²) >= 11 is 0. The Hall–Kier alpha value is -1.98. The average Bonchev–Trinajstić information content (AvgIpc) is 3.19. The van der Waals surface area contributed by atoms with E-state index in [9.17, 15) is 9.59 Å². The zero-order chi connectivity index (χ0) is 13.4. The third-order valence-corrected chi connectivity index (χ3v) is 3.74. The molecule has 1 saturated heterocycles. The molecule has 2 amide bonds. The number of H-pyrrole nitrogens is 1. The minimum Gasteiger partial charge on any atom is -0.397 e. The molecule has 1 saturated carbocycles. The van der Waals surface area contributed by atoms with Gasteiger partial charge in [0.15, 0.2) is 0 Å². The molecule has 2 aliphatic rings. The van der Waals surface area contributed by atoms with Crippen LogP contribution in [0.2, 0.25) is 0 Å². The van der Waals surface area contributed by atoms with Crippen molar-refractivity contribution in [3.05, 3.63) is 18.0 Å². The number of anilines is 1. The van der Waals surface area contributed by atoms with Crippen molar-refractivity contribution >= 4 is 17.5 Å². The van der Waals surface area contributed by atoms with Gasteiger partial charge in [-0.05, 0) is 18.9 Å². The van der Waals surface area contributed by atoms with E-state index < -0.39 is 0 Å². The van der Waals surface area contributed by atoms with Crippen molar-refractivity contribution in [2.45, 2.75) is 12.8 Å². The number of carbonyl (C=O) groups is 2. The van der Waals surface area contributed by atoms with E-state index in [1.807, 2.05) is 4.90 Å². The minimum absolute atomic E-state index is 0.0461. The molecule has 2 heterocycles. The van der Waals surface area contributed by atoms with E-state index in [1.165, 1.54) is 0 Å². The van der Waals surface area contributed by atoms with E-state index in [2.05, 4.69) is 4.98 Å². The Balaban J connectivity index is 1.57. The molecule has 0 bridgehead atoms. The van der Waals surface area contributed by atoms with E-state index in [-0.39, 0.29) is 17.7 Å². The zero-order valence-electron chi connectivity index (χ0n) is 10.8. The van der Waals surface area contributed by atoms with Gasteiger partial charge in [-0.2, -0.15) is 0 Å². The predicted molar refractivity (Wildman–Crippen MR) is 70.4 cm³/mol. The van der Waals surface area contributed by atoms with Crippen LogP contribution in [0.5, 0.6) is 0 Å². The summed E-state index contributed by atoms with van der Waals surface area (Å²) in [6.45, 7) is 2.46. The quantitative estimate of drug-likeness (QED) is 0.803. The van der Waals surface area contributed by atoms with E-state index in [4.69, 9.17) is 5.73 Å². The first kappa shape index (κ1) is 12.1. The summed E-state index contributed by atoms with van der Waals surface area (Å²) in [7, 11) is 0. The number of piperazine rings is 1. The maximum atomic E-state index is 12.2. The molecule has 6 heteroatoms. The van der Waals surface area contributed by atoms with Crippen LogP contribution in [0, 0.1) is 5.92 Å². The number of rotatable bonds is 2. The molecule has 0 radical (unpaired) electrons. The average molecular weight is 262 g/mol. The maximum absolute atomic E-state index is 12.2. The summed E-state index contributed by atoms with van der Waals surface area (Å²) in [4.78, 5) is 30.6. The van der Waals surface area contributed by atoms with E-state index >= 15 is 0 Å². The molecule has 1 aliphatic carbocycles. The van der Waals surface area contributed by atoms with Crippen molar-refractivity contribution in [2.24, 2.45) is 5.92 Å². The zero-order valence-corrected chi connectivity index (χ0v) is 10.8. The van der Waals surface area contributed by atoms with Crippen molar-refractivity contribution in [3.8, 4) is 0 Å². The second-order valence-electron chi connectivity index (χ2n) is 5.24. The largest absolute Gasteiger partial charge is 0.397 e. The Morgan fingerprint density at radius 1 is 1.16 bits per heavy atom. The lowest BCUT2D eigenvalue weighted by Crippen LogP contribution is -2.51. The van der Waals surface area contributed by atoms with Crippen LogP contribution in [-0.4, -0.2) is 52.8 Å². The predicted octanol–water partition coefficient (Wildman–Crippen LogP) is 0.291. The Kier molecular flexibility index (Phi) is 2.93. The van der Waals surface area contributed by atoms with E-state index in [0.717, 1.165) is 12.8 Å². The van der Waals surface area contributed by atoms with Crippen LogP contribution in [-0.2, 0) is 4.79 Å². The van der Waals surface area contributed by atoms with Crippen molar-refractivity contribution in [2.75, 3.05) is 31.9 Å². The van der Waals surface area contributed by atoms with Crippen molar-refractivity contribution in [1.29, 1.82) is 0 Å². The van der Waals surface area contributed by atoms with E-state index in [1.54, 1.807) is 17.2 Å². The number of nitrogens with one attached hydrogen (secondary N) is 1. The molecule has 0 aromatic carbocycles. The fraction of sp³-hybridized carbons (Fsp3) is 0.538. The highest BCUT2D eigenvalue weighted by molar-refractivity contribution is 5.93. The van der Waals surface area contributed by atoms with Gasteiger partial charge in [0.05, 0.1) is 0 Å². The van der Waals surface area contributed by atoms with Crippen molar-refractivity contribution < 1.29 is 9.59 Å². The number of hydrogen-bond acceptors (Lipinski definition) is 3. The molecule has 102 valence electrons. The first-order valence-electron chi connectivity index (χ1n) is 6.67. The summed E-state index contributed by atoms with van der Waals surface area (Å²) in [5.41, 5.74) is 6.67. The van der Waals surface area contributed by atoms with Crippen LogP contribution in [0.1, 0.15) is 23.3 Å². The Morgan fingerprint density at radius 2 is 1.79 bits per heavy atom. The van der Waals surface area contributed by atoms with Crippen LogP contribution < -0.4 is 5.73 Å². The monoisotopic (exact) mass is 262 g/mol. The lowest BCUT2D eigenvalue weighted by Gasteiger charge is -2.34. The number of nitrogens with two attached hydrogens (primary N) is 1. The molecule has 19 heavy (non-hydrogen) atoms. The highest BCUT2D eigenvalue weighted by Crippen LogP contribution is 2.31. The van der Waals surface area contributed by atoms with Gasteiger partial charge in [0.1, 0.15) is 5.69 Å². The normalized spacial score (nSPS) is 19.6. The minimum atomic E-state index is -0.0461. The first-order chi connectivity index (χ1) is 9.15. The van der Waals surface area contributed by atoms with Crippen LogP contribution in [0.4, 0.5) is 5.69 Å². The smallest absolute Gasteiger partial charge is 0.270 e. The second kappa shape index (κ2) is 4.60. The van der Waals surface area contributed by atoms with Crippen LogP contribution in [0.3, 0.4) is 0 Å². The SMILES string of the molecule is Nc1c[nH]c(C(=O)N2CCN(C(=O)C3CC3)CC2)c1. The molecule has 1 aliphatic heterocycles. The van der Waals surface area contributed by atoms with Gasteiger partial charge in [0.2, 0.25) is 5.91 Å². The number of nitrogen functional groups attached to an aromatic ring is 1. The van der Waals surface area contributed by atoms with Gasteiger partial charge in [0, 0.05) is 44.0 Å². The van der Waals surface area contributed by atoms with E-state index in [0.29, 0.717) is 37.6 Å². The standard InChI is InChI=1S/C13H18N4O2/c14-10-7-11(15-8-10)13(19)17-5-3-16(4-6-17)12(18)9-1-2-9/h7-9,15H,1-6,14H2. The first-order valence-corrected chi connectivity index (χ1v) is 6.67. The van der Waals surface area contributed by atoms with Gasteiger partial charge in [-0.1, -0.05) is 0 Å². The molecule has 1 aromatic heterocycles. The van der Waals surface area contributed by atoms with Gasteiger partial charge in [-0.3, -0.25) is 9.59 Å². The van der Waals surface area contributed by atoms with Crippen molar-refractivity contribution in [1.82, 2.24) is 14.8 Å². The molecule has 1 aromatic rings. The van der Waals surface area contributed by atoms with Gasteiger partial charge in [-0.15, -0.1) is 0 Å². The molecule has 0 spiro atoms. The molecule has 2 fully saturated rings. The fourth-order valence-electron chi connectivity index (χ4n) is 2.42. The fourth-order valence-corrected chi connectivity index (χ4v) is 2.42. The van der Waals surface area contributed by atoms with Crippen LogP contribution in [0.15, 0.2) is 12.3 Å². The molecule has 6 nitrogen and oxygen atoms in total. The highest BCUT2D eigenvalue weighted by Gasteiger charge is 2.35. The molecular formula is C13H18N4O2. The van der Waals surface area contributed by atoms with Gasteiger partial charge >= 0.3 is 0 Å². The topological polar surface area (TPSA) is 82.4 Å². The second-order valence-corrected chi connectivity index (χ2v) is 5.24. The number of amides is 2. The van der Waals surface area contributed by atoms with Gasteiger partial charge in [0.25, 0.3) is 5.91 Å². The highest BCUT2D eigenvalue weighted by atomic mass is 16.2. The Labute approximate surface area is 111 Å². The summed E-state index contributed by atoms with van der Waals surface area (Å²) in [5, 5.41) is 0. The summed E-state index contributed by atoms with van der Waals surface area (Å²) in [5.74, 6) is 0.469. The van der Waals surface area contributed by atoms with Gasteiger partial charge < -0.3 is 20.5 Å². The molecular weight excluding hydrogens is 244 g/mol. The Morgan fingerprint density at radius 3 is 2.32 bits per heavy atom. The third-order valence-electron chi connectivity index (χ3n) is 3.74. The maximum Gasteiger partial charge on any atom is 0.270 e. The third kappa shape index (κ3) is 2.43. The number of carbonyl (C=O) groups excluding carboxylic acids is 2. The summed E-state index contributed by atoms with van der Waals surface area (Å²) in [6, 6.07) is 1.64. The number of hydrogen-bond donors (Lipinski definition) is 2.